The third kappa shape index (κ3) is 3.78. The second-order valence-corrected chi connectivity index (χ2v) is 9.23. The van der Waals surface area contributed by atoms with Gasteiger partial charge in [0, 0.05) is 11.6 Å². The summed E-state index contributed by atoms with van der Waals surface area (Å²) in [6.45, 7) is 11.3. The average molecular weight is 376 g/mol. The van der Waals surface area contributed by atoms with Gasteiger partial charge in [0.15, 0.2) is 0 Å². The van der Waals surface area contributed by atoms with E-state index < -0.39 is 6.29 Å². The molecule has 1 saturated carbocycles. The maximum absolute atomic E-state index is 12.7. The molecule has 2 heterocycles. The number of hydrogen-bond acceptors (Lipinski definition) is 5. The lowest BCUT2D eigenvalue weighted by Gasteiger charge is -2.54. The molecule has 27 heavy (non-hydrogen) atoms. The molecule has 150 valence electrons. The Kier molecular flexibility index (Phi) is 5.42. The van der Waals surface area contributed by atoms with Crippen molar-refractivity contribution in [2.24, 2.45) is 22.7 Å². The fourth-order valence-electron chi connectivity index (χ4n) is 5.33. The first kappa shape index (κ1) is 20.0. The van der Waals surface area contributed by atoms with Crippen LogP contribution in [0.2, 0.25) is 0 Å². The lowest BCUT2D eigenvalue weighted by Crippen LogP contribution is -2.46. The highest BCUT2D eigenvalue weighted by Gasteiger charge is 2.51. The van der Waals surface area contributed by atoms with E-state index in [0.29, 0.717) is 23.7 Å². The molecule has 2 aliphatic heterocycles. The van der Waals surface area contributed by atoms with Crippen LogP contribution in [0.25, 0.3) is 0 Å². The van der Waals surface area contributed by atoms with Crippen molar-refractivity contribution in [3.8, 4) is 0 Å². The molecule has 2 fully saturated rings. The predicted molar refractivity (Wildman–Crippen MR) is 101 cm³/mol. The number of carbonyl (C=O) groups excluding carboxylic acids is 2. The molecule has 0 amide bonds. The van der Waals surface area contributed by atoms with Gasteiger partial charge in [-0.1, -0.05) is 34.1 Å². The largest absolute Gasteiger partial charge is 0.462 e. The molecule has 5 heteroatoms. The fourth-order valence-corrected chi connectivity index (χ4v) is 5.33. The van der Waals surface area contributed by atoms with Gasteiger partial charge >= 0.3 is 11.9 Å². The first-order chi connectivity index (χ1) is 12.6. The molecule has 1 aliphatic carbocycles. The number of cyclic esters (lactones) is 2. The van der Waals surface area contributed by atoms with E-state index in [4.69, 9.17) is 14.2 Å². The molecule has 0 aromatic rings. The minimum absolute atomic E-state index is 0.00158. The zero-order valence-corrected chi connectivity index (χ0v) is 17.2. The van der Waals surface area contributed by atoms with Gasteiger partial charge in [-0.2, -0.15) is 0 Å². The number of rotatable bonds is 2. The molecule has 0 N–H and O–H groups in total. The van der Waals surface area contributed by atoms with Crippen LogP contribution in [0.4, 0.5) is 0 Å². The van der Waals surface area contributed by atoms with E-state index in [0.717, 1.165) is 25.7 Å². The molecular weight excluding hydrogens is 344 g/mol. The second kappa shape index (κ2) is 7.33. The van der Waals surface area contributed by atoms with E-state index in [2.05, 4.69) is 27.7 Å². The Balaban J connectivity index is 1.90. The maximum atomic E-state index is 12.7. The van der Waals surface area contributed by atoms with Gasteiger partial charge in [-0.3, -0.25) is 0 Å². The van der Waals surface area contributed by atoms with Crippen molar-refractivity contribution in [2.75, 3.05) is 6.61 Å². The van der Waals surface area contributed by atoms with Gasteiger partial charge in [-0.15, -0.1) is 0 Å². The summed E-state index contributed by atoms with van der Waals surface area (Å²) >= 11 is 0. The van der Waals surface area contributed by atoms with E-state index >= 15 is 0 Å². The SMILES string of the molecule is CC1=CC(O/C=C2/C(=O)OCCC[C@@H]3C(C)(C)CCC[C@@]3(C)[C@@H]2C)OC1=O. The summed E-state index contributed by atoms with van der Waals surface area (Å²) in [7, 11) is 0. The number of fused-ring (bicyclic) bond motifs is 1. The van der Waals surface area contributed by atoms with Crippen molar-refractivity contribution in [1.82, 2.24) is 0 Å². The number of esters is 2. The Morgan fingerprint density at radius 1 is 1.15 bits per heavy atom. The summed E-state index contributed by atoms with van der Waals surface area (Å²) in [5.74, 6) is -0.199. The zero-order valence-electron chi connectivity index (χ0n) is 17.2. The number of ether oxygens (including phenoxy) is 3. The summed E-state index contributed by atoms with van der Waals surface area (Å²) < 4.78 is 16.3. The van der Waals surface area contributed by atoms with Crippen LogP contribution >= 0.6 is 0 Å². The van der Waals surface area contributed by atoms with Gasteiger partial charge in [0.05, 0.1) is 18.4 Å². The van der Waals surface area contributed by atoms with Crippen LogP contribution in [0.15, 0.2) is 23.5 Å². The average Bonchev–Trinajstić information content (AvgIpc) is 2.92. The van der Waals surface area contributed by atoms with Crippen LogP contribution in [0, 0.1) is 22.7 Å². The van der Waals surface area contributed by atoms with Crippen LogP contribution in [0.3, 0.4) is 0 Å². The molecule has 0 radical (unpaired) electrons. The lowest BCUT2D eigenvalue weighted by atomic mass is 9.51. The third-order valence-corrected chi connectivity index (χ3v) is 7.10. The predicted octanol–water partition coefficient (Wildman–Crippen LogP) is 4.52. The summed E-state index contributed by atoms with van der Waals surface area (Å²) in [5.41, 5.74) is 1.29. The van der Waals surface area contributed by atoms with E-state index in [1.54, 1.807) is 13.0 Å². The summed E-state index contributed by atoms with van der Waals surface area (Å²) in [6, 6.07) is 0. The summed E-state index contributed by atoms with van der Waals surface area (Å²) in [6.07, 6.45) is 7.74. The van der Waals surface area contributed by atoms with E-state index in [1.807, 2.05) is 0 Å². The molecule has 3 aliphatic rings. The van der Waals surface area contributed by atoms with Gasteiger partial charge in [0.25, 0.3) is 6.29 Å². The van der Waals surface area contributed by atoms with Gasteiger partial charge in [-0.05, 0) is 55.3 Å². The van der Waals surface area contributed by atoms with Crippen LogP contribution in [0.5, 0.6) is 0 Å². The Hall–Kier alpha value is -1.78. The molecular formula is C22H32O5. The molecule has 0 bridgehead atoms. The molecule has 0 spiro atoms. The van der Waals surface area contributed by atoms with Crippen molar-refractivity contribution in [3.05, 3.63) is 23.5 Å². The van der Waals surface area contributed by atoms with Crippen LogP contribution in [-0.4, -0.2) is 24.8 Å². The monoisotopic (exact) mass is 376 g/mol. The topological polar surface area (TPSA) is 61.8 Å². The minimum Gasteiger partial charge on any atom is -0.462 e. The zero-order chi connectivity index (χ0) is 19.8. The summed E-state index contributed by atoms with van der Waals surface area (Å²) in [5, 5.41) is 0. The van der Waals surface area contributed by atoms with Gasteiger partial charge in [0.2, 0.25) is 0 Å². The van der Waals surface area contributed by atoms with Crippen molar-refractivity contribution in [2.45, 2.75) is 73.0 Å². The molecule has 1 unspecified atom stereocenters. The van der Waals surface area contributed by atoms with Crippen molar-refractivity contribution < 1.29 is 23.8 Å². The highest BCUT2D eigenvalue weighted by Crippen LogP contribution is 2.58. The first-order valence-corrected chi connectivity index (χ1v) is 10.1. The summed E-state index contributed by atoms with van der Waals surface area (Å²) in [4.78, 5) is 24.3. The lowest BCUT2D eigenvalue weighted by molar-refractivity contribution is -0.152. The van der Waals surface area contributed by atoms with E-state index in [1.165, 1.54) is 12.7 Å². The first-order valence-electron chi connectivity index (χ1n) is 10.1. The Labute approximate surface area is 162 Å². The number of hydrogen-bond donors (Lipinski definition) is 0. The van der Waals surface area contributed by atoms with Crippen LogP contribution in [-0.2, 0) is 23.8 Å². The third-order valence-electron chi connectivity index (χ3n) is 7.10. The minimum atomic E-state index is -0.774. The maximum Gasteiger partial charge on any atom is 0.337 e. The second-order valence-electron chi connectivity index (χ2n) is 9.23. The smallest absolute Gasteiger partial charge is 0.337 e. The molecule has 1 saturated heterocycles. The molecule has 4 atom stereocenters. The Morgan fingerprint density at radius 2 is 1.89 bits per heavy atom. The van der Waals surface area contributed by atoms with Gasteiger partial charge < -0.3 is 14.2 Å². The highest BCUT2D eigenvalue weighted by molar-refractivity contribution is 5.90. The highest BCUT2D eigenvalue weighted by atomic mass is 16.7. The Morgan fingerprint density at radius 3 is 2.56 bits per heavy atom. The van der Waals surface area contributed by atoms with Crippen molar-refractivity contribution >= 4 is 11.9 Å². The molecule has 0 aromatic carbocycles. The molecule has 0 aromatic heterocycles. The molecule has 5 nitrogen and oxygen atoms in total. The Bertz CT molecular complexity index is 674. The quantitative estimate of drug-likeness (QED) is 0.403. The van der Waals surface area contributed by atoms with E-state index in [-0.39, 0.29) is 28.7 Å². The van der Waals surface area contributed by atoms with Gasteiger partial charge in [-0.25, -0.2) is 9.59 Å². The van der Waals surface area contributed by atoms with Crippen molar-refractivity contribution in [1.29, 1.82) is 0 Å². The normalized spacial score (nSPS) is 38.0. The molecule has 3 rings (SSSR count). The van der Waals surface area contributed by atoms with Crippen molar-refractivity contribution in [3.63, 3.8) is 0 Å². The number of carbonyl (C=O) groups is 2. The van der Waals surface area contributed by atoms with Crippen LogP contribution < -0.4 is 0 Å². The standard InChI is InChI=1S/C22H32O5/c1-14-12-18(27-19(14)23)26-13-16-15(2)22(5)10-7-9-21(3,4)17(22)8-6-11-25-20(16)24/h12-13,15,17-18H,6-11H2,1-5H3/b16-13+/t15-,17-,18?,22+/m1/s1. The fraction of sp³-hybridized carbons (Fsp3) is 0.727. The van der Waals surface area contributed by atoms with Crippen LogP contribution in [0.1, 0.15) is 66.7 Å². The van der Waals surface area contributed by atoms with E-state index in [9.17, 15) is 9.59 Å². The van der Waals surface area contributed by atoms with Gasteiger partial charge in [0.1, 0.15) is 0 Å².